The molecule has 0 bridgehead atoms. The Morgan fingerprint density at radius 2 is 2.50 bits per heavy atom. The van der Waals surface area contributed by atoms with E-state index in [1.807, 2.05) is 11.6 Å². The van der Waals surface area contributed by atoms with Crippen molar-refractivity contribution in [2.45, 2.75) is 13.3 Å². The third kappa shape index (κ3) is 1.16. The molecule has 2 heterocycles. The molecule has 0 N–H and O–H groups in total. The van der Waals surface area contributed by atoms with Crippen LogP contribution in [0.5, 0.6) is 0 Å². The molecule has 0 aliphatic heterocycles. The van der Waals surface area contributed by atoms with Crippen LogP contribution in [0, 0.1) is 0 Å². The van der Waals surface area contributed by atoms with Crippen molar-refractivity contribution in [2.75, 3.05) is 0 Å². The average Bonchev–Trinajstić information content (AvgIpc) is 2.74. The first kappa shape index (κ1) is 7.55. The second kappa shape index (κ2) is 3.11. The molecule has 62 valence electrons. The van der Waals surface area contributed by atoms with E-state index in [2.05, 4.69) is 34.8 Å². The molecule has 2 nitrogen and oxygen atoms in total. The molecule has 0 aliphatic carbocycles. The summed E-state index contributed by atoms with van der Waals surface area (Å²) in [5, 5.41) is 3.05. The van der Waals surface area contributed by atoms with Crippen LogP contribution in [0.15, 0.2) is 29.9 Å². The minimum absolute atomic E-state index is 1.05. The number of nitrogens with zero attached hydrogens (tertiary/aromatic N) is 2. The molecule has 0 saturated heterocycles. The van der Waals surface area contributed by atoms with Crippen LogP contribution < -0.4 is 0 Å². The predicted octanol–water partition coefficient (Wildman–Crippen LogP) is 2.50. The lowest BCUT2D eigenvalue weighted by molar-refractivity contribution is 0.926. The number of hydrogen-bond donors (Lipinski definition) is 0. The summed E-state index contributed by atoms with van der Waals surface area (Å²) >= 11 is 1.66. The average molecular weight is 178 g/mol. The van der Waals surface area contributed by atoms with Gasteiger partial charge >= 0.3 is 0 Å². The minimum Gasteiger partial charge on any atom is -0.297 e. The van der Waals surface area contributed by atoms with E-state index in [0.717, 1.165) is 11.6 Å². The Bertz CT molecular complexity index is 348. The fourth-order valence-corrected chi connectivity index (χ4v) is 1.88. The zero-order valence-corrected chi connectivity index (χ0v) is 7.71. The molecule has 0 fully saturated rings. The highest BCUT2D eigenvalue weighted by Crippen LogP contribution is 2.14. The Balaban J connectivity index is 2.46. The molecule has 2 rings (SSSR count). The van der Waals surface area contributed by atoms with Gasteiger partial charge < -0.3 is 0 Å². The molecule has 0 atom stereocenters. The number of hydrogen-bond acceptors (Lipinski definition) is 2. The Morgan fingerprint density at radius 3 is 3.17 bits per heavy atom. The number of rotatable bonds is 2. The van der Waals surface area contributed by atoms with Gasteiger partial charge in [-0.05, 0) is 18.6 Å². The summed E-state index contributed by atoms with van der Waals surface area (Å²) in [5.41, 5.74) is 1.31. The third-order valence-electron chi connectivity index (χ3n) is 1.82. The first-order chi connectivity index (χ1) is 5.92. The summed E-state index contributed by atoms with van der Waals surface area (Å²) in [7, 11) is 0. The summed E-state index contributed by atoms with van der Waals surface area (Å²) in [4.78, 5) is 4.25. The largest absolute Gasteiger partial charge is 0.297 e. The maximum Gasteiger partial charge on any atom is 0.193 e. The molecule has 2 aromatic rings. The zero-order chi connectivity index (χ0) is 8.39. The highest BCUT2D eigenvalue weighted by Gasteiger charge is 2.01. The van der Waals surface area contributed by atoms with Gasteiger partial charge in [0.1, 0.15) is 0 Å². The second-order valence-corrected chi connectivity index (χ2v) is 3.41. The summed E-state index contributed by atoms with van der Waals surface area (Å²) < 4.78 is 2.13. The van der Waals surface area contributed by atoms with Gasteiger partial charge in [-0.15, -0.1) is 11.3 Å². The van der Waals surface area contributed by atoms with E-state index in [0.29, 0.717) is 0 Å². The van der Waals surface area contributed by atoms with Crippen LogP contribution in [-0.4, -0.2) is 9.55 Å². The smallest absolute Gasteiger partial charge is 0.193 e. The minimum atomic E-state index is 1.05. The quantitative estimate of drug-likeness (QED) is 0.691. The predicted molar refractivity (Wildman–Crippen MR) is 50.8 cm³/mol. The normalized spacial score (nSPS) is 10.4. The van der Waals surface area contributed by atoms with Crippen molar-refractivity contribution in [3.8, 4) is 5.13 Å². The summed E-state index contributed by atoms with van der Waals surface area (Å²) in [6.07, 6.45) is 4.93. The van der Waals surface area contributed by atoms with E-state index in [1.54, 1.807) is 11.3 Å². The monoisotopic (exact) mass is 178 g/mol. The van der Waals surface area contributed by atoms with E-state index in [4.69, 9.17) is 0 Å². The summed E-state index contributed by atoms with van der Waals surface area (Å²) in [5.74, 6) is 0. The Labute approximate surface area is 75.5 Å². The third-order valence-corrected chi connectivity index (χ3v) is 2.59. The van der Waals surface area contributed by atoms with E-state index < -0.39 is 0 Å². The van der Waals surface area contributed by atoms with E-state index in [-0.39, 0.29) is 0 Å². The van der Waals surface area contributed by atoms with E-state index in [1.165, 1.54) is 5.69 Å². The molecular formula is C9H10N2S. The van der Waals surface area contributed by atoms with Gasteiger partial charge in [0.15, 0.2) is 5.13 Å². The Hall–Kier alpha value is -1.09. The number of aryl methyl sites for hydroxylation is 1. The van der Waals surface area contributed by atoms with Crippen LogP contribution >= 0.6 is 11.3 Å². The van der Waals surface area contributed by atoms with Crippen LogP contribution in [0.1, 0.15) is 12.6 Å². The summed E-state index contributed by atoms with van der Waals surface area (Å²) in [6.45, 7) is 2.15. The lowest BCUT2D eigenvalue weighted by Gasteiger charge is -2.01. The highest BCUT2D eigenvalue weighted by atomic mass is 32.1. The molecule has 0 radical (unpaired) electrons. The maximum atomic E-state index is 4.25. The fraction of sp³-hybridized carbons (Fsp3) is 0.222. The molecule has 2 aromatic heterocycles. The first-order valence-electron chi connectivity index (χ1n) is 3.98. The molecule has 0 unspecified atom stereocenters. The van der Waals surface area contributed by atoms with E-state index >= 15 is 0 Å². The Morgan fingerprint density at radius 1 is 1.58 bits per heavy atom. The molecule has 0 spiro atoms. The number of aromatic nitrogens is 2. The maximum absolute atomic E-state index is 4.25. The zero-order valence-electron chi connectivity index (χ0n) is 6.90. The van der Waals surface area contributed by atoms with Crippen molar-refractivity contribution in [1.82, 2.24) is 9.55 Å². The molecule has 0 amide bonds. The van der Waals surface area contributed by atoms with Crippen molar-refractivity contribution < 1.29 is 0 Å². The molecule has 3 heteroatoms. The molecule has 0 saturated carbocycles. The standard InChI is InChI=1S/C9H10N2S/c1-2-8-4-3-6-11(8)9-10-5-7-12-9/h3-7H,2H2,1H3. The molecular weight excluding hydrogens is 168 g/mol. The Kier molecular flexibility index (Phi) is 1.96. The van der Waals surface area contributed by atoms with Crippen LogP contribution in [0.2, 0.25) is 0 Å². The van der Waals surface area contributed by atoms with Crippen LogP contribution in [0.25, 0.3) is 5.13 Å². The lowest BCUT2D eigenvalue weighted by atomic mass is 10.3. The van der Waals surface area contributed by atoms with Crippen molar-refractivity contribution in [3.05, 3.63) is 35.6 Å². The van der Waals surface area contributed by atoms with Crippen molar-refractivity contribution >= 4 is 11.3 Å². The van der Waals surface area contributed by atoms with Gasteiger partial charge in [0, 0.05) is 23.5 Å². The first-order valence-corrected chi connectivity index (χ1v) is 4.86. The van der Waals surface area contributed by atoms with Crippen LogP contribution in [0.3, 0.4) is 0 Å². The SMILES string of the molecule is CCc1cccn1-c1nccs1. The summed E-state index contributed by atoms with van der Waals surface area (Å²) in [6, 6.07) is 4.18. The van der Waals surface area contributed by atoms with Gasteiger partial charge in [-0.3, -0.25) is 4.57 Å². The lowest BCUT2D eigenvalue weighted by Crippen LogP contribution is -1.95. The molecule has 0 aromatic carbocycles. The van der Waals surface area contributed by atoms with Gasteiger partial charge in [0.05, 0.1) is 0 Å². The molecule has 0 aliphatic rings. The van der Waals surface area contributed by atoms with Gasteiger partial charge in [0.2, 0.25) is 0 Å². The highest BCUT2D eigenvalue weighted by molar-refractivity contribution is 7.12. The van der Waals surface area contributed by atoms with Crippen LogP contribution in [-0.2, 0) is 6.42 Å². The van der Waals surface area contributed by atoms with Crippen LogP contribution in [0.4, 0.5) is 0 Å². The topological polar surface area (TPSA) is 17.8 Å². The number of thiazole rings is 1. The van der Waals surface area contributed by atoms with Gasteiger partial charge in [-0.2, -0.15) is 0 Å². The van der Waals surface area contributed by atoms with Gasteiger partial charge in [0.25, 0.3) is 0 Å². The van der Waals surface area contributed by atoms with Crippen molar-refractivity contribution in [1.29, 1.82) is 0 Å². The van der Waals surface area contributed by atoms with Crippen molar-refractivity contribution in [3.63, 3.8) is 0 Å². The second-order valence-electron chi connectivity index (χ2n) is 2.54. The van der Waals surface area contributed by atoms with Gasteiger partial charge in [-0.25, -0.2) is 4.98 Å². The molecule has 12 heavy (non-hydrogen) atoms. The van der Waals surface area contributed by atoms with Gasteiger partial charge in [-0.1, -0.05) is 6.92 Å². The van der Waals surface area contributed by atoms with Crippen molar-refractivity contribution in [2.24, 2.45) is 0 Å². The fourth-order valence-electron chi connectivity index (χ4n) is 1.23. The van der Waals surface area contributed by atoms with E-state index in [9.17, 15) is 0 Å².